The van der Waals surface area contributed by atoms with Gasteiger partial charge >= 0.3 is 0 Å². The van der Waals surface area contributed by atoms with Crippen molar-refractivity contribution in [2.45, 2.75) is 19.9 Å². The predicted octanol–water partition coefficient (Wildman–Crippen LogP) is 3.42. The molecule has 0 fully saturated rings. The summed E-state index contributed by atoms with van der Waals surface area (Å²) in [7, 11) is 0. The second-order valence-corrected chi connectivity index (χ2v) is 3.95. The minimum absolute atomic E-state index is 0.765. The van der Waals surface area contributed by atoms with E-state index in [0.29, 0.717) is 0 Å². The number of aromatic amines is 1. The summed E-state index contributed by atoms with van der Waals surface area (Å²) < 4.78 is 5.59. The summed E-state index contributed by atoms with van der Waals surface area (Å²) in [6.45, 7) is 3.69. The average Bonchev–Trinajstić information content (AvgIpc) is 2.87. The van der Waals surface area contributed by atoms with E-state index >= 15 is 0 Å². The van der Waals surface area contributed by atoms with Gasteiger partial charge in [0.15, 0.2) is 0 Å². The Morgan fingerprint density at radius 1 is 1.29 bits per heavy atom. The Morgan fingerprint density at radius 2 is 2.24 bits per heavy atom. The molecule has 0 amide bonds. The first-order chi connectivity index (χ1) is 8.38. The number of aromatic nitrogens is 1. The predicted molar refractivity (Wildman–Crippen MR) is 70.3 cm³/mol. The van der Waals surface area contributed by atoms with Crippen LogP contribution in [0.5, 0.6) is 5.75 Å². The van der Waals surface area contributed by atoms with Crippen LogP contribution in [0.3, 0.4) is 0 Å². The zero-order valence-corrected chi connectivity index (χ0v) is 10.1. The average molecular weight is 230 g/mol. The Bertz CT molecular complexity index is 437. The quantitative estimate of drug-likeness (QED) is 0.798. The van der Waals surface area contributed by atoms with Gasteiger partial charge in [-0.2, -0.15) is 0 Å². The molecule has 0 aliphatic heterocycles. The van der Waals surface area contributed by atoms with E-state index in [0.717, 1.165) is 31.0 Å². The summed E-state index contributed by atoms with van der Waals surface area (Å²) in [6, 6.07) is 10.1. The highest BCUT2D eigenvalue weighted by atomic mass is 16.5. The third-order valence-corrected chi connectivity index (χ3v) is 2.47. The molecule has 2 N–H and O–H groups in total. The van der Waals surface area contributed by atoms with Gasteiger partial charge in [0.2, 0.25) is 0 Å². The van der Waals surface area contributed by atoms with Crippen molar-refractivity contribution >= 4 is 5.69 Å². The van der Waals surface area contributed by atoms with Crippen LogP contribution < -0.4 is 10.1 Å². The number of hydrogen-bond donors (Lipinski definition) is 2. The van der Waals surface area contributed by atoms with Crippen molar-refractivity contribution in [1.82, 2.24) is 4.98 Å². The highest BCUT2D eigenvalue weighted by molar-refractivity contribution is 5.48. The van der Waals surface area contributed by atoms with Crippen LogP contribution in [0.1, 0.15) is 18.9 Å². The van der Waals surface area contributed by atoms with Gasteiger partial charge in [-0.1, -0.05) is 13.0 Å². The third kappa shape index (κ3) is 3.55. The smallest absolute Gasteiger partial charge is 0.121 e. The van der Waals surface area contributed by atoms with Gasteiger partial charge in [0, 0.05) is 30.7 Å². The standard InChI is InChI=1S/C14H18N2O/c1-2-8-17-14-5-3-4-13(9-14)16-11-12-6-7-15-10-12/h3-7,9-10,15-16H,2,8,11H2,1H3. The molecule has 2 rings (SSSR count). The molecule has 0 saturated heterocycles. The molecule has 3 heteroatoms. The lowest BCUT2D eigenvalue weighted by Crippen LogP contribution is -1.99. The van der Waals surface area contributed by atoms with Crippen molar-refractivity contribution in [2.24, 2.45) is 0 Å². The molecule has 3 nitrogen and oxygen atoms in total. The van der Waals surface area contributed by atoms with Crippen molar-refractivity contribution in [2.75, 3.05) is 11.9 Å². The molecule has 90 valence electrons. The van der Waals surface area contributed by atoms with Gasteiger partial charge < -0.3 is 15.0 Å². The summed E-state index contributed by atoms with van der Waals surface area (Å²) in [5.74, 6) is 0.922. The van der Waals surface area contributed by atoms with E-state index in [-0.39, 0.29) is 0 Å². The Balaban J connectivity index is 1.91. The minimum atomic E-state index is 0.765. The number of hydrogen-bond acceptors (Lipinski definition) is 2. The Labute approximate surface area is 102 Å². The summed E-state index contributed by atoms with van der Waals surface area (Å²) in [4.78, 5) is 3.04. The fourth-order valence-corrected chi connectivity index (χ4v) is 1.59. The van der Waals surface area contributed by atoms with Crippen LogP contribution in [0.15, 0.2) is 42.7 Å². The molecule has 1 aromatic heterocycles. The molecular formula is C14H18N2O. The van der Waals surface area contributed by atoms with E-state index in [9.17, 15) is 0 Å². The van der Waals surface area contributed by atoms with Crippen molar-refractivity contribution in [3.05, 3.63) is 48.3 Å². The molecule has 0 unspecified atom stereocenters. The number of nitrogens with one attached hydrogen (secondary N) is 2. The van der Waals surface area contributed by atoms with E-state index in [1.807, 2.05) is 36.7 Å². The molecule has 0 spiro atoms. The fraction of sp³-hybridized carbons (Fsp3) is 0.286. The molecule has 1 heterocycles. The van der Waals surface area contributed by atoms with Crippen LogP contribution in [-0.4, -0.2) is 11.6 Å². The molecule has 0 bridgehead atoms. The topological polar surface area (TPSA) is 37.0 Å². The van der Waals surface area contributed by atoms with Crippen LogP contribution in [0.2, 0.25) is 0 Å². The lowest BCUT2D eigenvalue weighted by atomic mass is 10.2. The Hall–Kier alpha value is -1.90. The van der Waals surface area contributed by atoms with Gasteiger partial charge in [-0.05, 0) is 30.2 Å². The van der Waals surface area contributed by atoms with Gasteiger partial charge in [-0.15, -0.1) is 0 Å². The van der Waals surface area contributed by atoms with Crippen molar-refractivity contribution < 1.29 is 4.74 Å². The van der Waals surface area contributed by atoms with E-state index in [1.54, 1.807) is 0 Å². The first-order valence-electron chi connectivity index (χ1n) is 5.97. The van der Waals surface area contributed by atoms with Gasteiger partial charge in [0.05, 0.1) is 6.61 Å². The van der Waals surface area contributed by atoms with Crippen LogP contribution in [0.4, 0.5) is 5.69 Å². The van der Waals surface area contributed by atoms with Crippen LogP contribution >= 0.6 is 0 Å². The second kappa shape index (κ2) is 5.99. The van der Waals surface area contributed by atoms with Crippen LogP contribution in [0.25, 0.3) is 0 Å². The molecular weight excluding hydrogens is 212 g/mol. The maximum absolute atomic E-state index is 5.59. The summed E-state index contributed by atoms with van der Waals surface area (Å²) in [5, 5.41) is 3.36. The third-order valence-electron chi connectivity index (χ3n) is 2.47. The first-order valence-corrected chi connectivity index (χ1v) is 5.97. The number of ether oxygens (including phenoxy) is 1. The zero-order chi connectivity index (χ0) is 11.9. The summed E-state index contributed by atoms with van der Waals surface area (Å²) >= 11 is 0. The monoisotopic (exact) mass is 230 g/mol. The van der Waals surface area contributed by atoms with Crippen LogP contribution in [0, 0.1) is 0 Å². The summed E-state index contributed by atoms with van der Waals surface area (Å²) in [6.07, 6.45) is 4.95. The Morgan fingerprint density at radius 3 is 3.00 bits per heavy atom. The molecule has 0 aliphatic rings. The lowest BCUT2D eigenvalue weighted by molar-refractivity contribution is 0.317. The summed E-state index contributed by atoms with van der Waals surface area (Å²) in [5.41, 5.74) is 2.32. The number of H-pyrrole nitrogens is 1. The normalized spacial score (nSPS) is 10.2. The van der Waals surface area contributed by atoms with E-state index in [1.165, 1.54) is 5.56 Å². The zero-order valence-electron chi connectivity index (χ0n) is 10.1. The van der Waals surface area contributed by atoms with Crippen molar-refractivity contribution in [3.8, 4) is 5.75 Å². The number of anilines is 1. The molecule has 0 saturated carbocycles. The molecule has 17 heavy (non-hydrogen) atoms. The molecule has 0 aliphatic carbocycles. The van der Waals surface area contributed by atoms with Gasteiger partial charge in [0.1, 0.15) is 5.75 Å². The van der Waals surface area contributed by atoms with Crippen molar-refractivity contribution in [3.63, 3.8) is 0 Å². The molecule has 2 aromatic rings. The SMILES string of the molecule is CCCOc1cccc(NCc2cc[nH]c2)c1. The maximum Gasteiger partial charge on any atom is 0.121 e. The minimum Gasteiger partial charge on any atom is -0.494 e. The van der Waals surface area contributed by atoms with Gasteiger partial charge in [0.25, 0.3) is 0 Å². The highest BCUT2D eigenvalue weighted by Crippen LogP contribution is 2.18. The molecule has 1 aromatic carbocycles. The van der Waals surface area contributed by atoms with E-state index in [2.05, 4.69) is 23.3 Å². The van der Waals surface area contributed by atoms with E-state index < -0.39 is 0 Å². The van der Waals surface area contributed by atoms with Crippen LogP contribution in [-0.2, 0) is 6.54 Å². The first kappa shape index (κ1) is 11.6. The molecule has 0 atom stereocenters. The molecule has 0 radical (unpaired) electrons. The Kier molecular flexibility index (Phi) is 4.08. The van der Waals surface area contributed by atoms with Gasteiger partial charge in [-0.3, -0.25) is 0 Å². The lowest BCUT2D eigenvalue weighted by Gasteiger charge is -2.08. The highest BCUT2D eigenvalue weighted by Gasteiger charge is 1.97. The van der Waals surface area contributed by atoms with Gasteiger partial charge in [-0.25, -0.2) is 0 Å². The van der Waals surface area contributed by atoms with E-state index in [4.69, 9.17) is 4.74 Å². The fourth-order valence-electron chi connectivity index (χ4n) is 1.59. The number of benzene rings is 1. The largest absolute Gasteiger partial charge is 0.494 e. The number of rotatable bonds is 6. The second-order valence-electron chi connectivity index (χ2n) is 3.95. The van der Waals surface area contributed by atoms with Crippen molar-refractivity contribution in [1.29, 1.82) is 0 Å². The maximum atomic E-state index is 5.59.